The molecule has 0 aromatic heterocycles. The van der Waals surface area contributed by atoms with E-state index in [4.69, 9.17) is 4.74 Å². The molecule has 4 heteroatoms. The Bertz CT molecular complexity index is 385. The lowest BCUT2D eigenvalue weighted by Gasteiger charge is -2.18. The quantitative estimate of drug-likeness (QED) is 0.823. The van der Waals surface area contributed by atoms with Gasteiger partial charge in [-0.05, 0) is 38.0 Å². The van der Waals surface area contributed by atoms with E-state index >= 15 is 0 Å². The molecule has 4 nitrogen and oxygen atoms in total. The van der Waals surface area contributed by atoms with Crippen LogP contribution in [0.1, 0.15) is 38.9 Å². The molecular weight excluding hydrogens is 242 g/mol. The van der Waals surface area contributed by atoms with E-state index in [-0.39, 0.29) is 12.5 Å². The third-order valence-corrected chi connectivity index (χ3v) is 3.13. The van der Waals surface area contributed by atoms with E-state index in [2.05, 4.69) is 0 Å². The molecule has 0 spiro atoms. The highest BCUT2D eigenvalue weighted by Gasteiger charge is 2.10. The lowest BCUT2D eigenvalue weighted by Crippen LogP contribution is -2.34. The molecule has 1 atom stereocenters. The molecule has 0 radical (unpaired) electrons. The Morgan fingerprint density at radius 1 is 1.21 bits per heavy atom. The van der Waals surface area contributed by atoms with Gasteiger partial charge in [-0.1, -0.05) is 19.1 Å². The smallest absolute Gasteiger partial charge is 0.260 e. The number of aliphatic hydroxyl groups excluding tert-OH is 1. The Balaban J connectivity index is 2.52. The van der Waals surface area contributed by atoms with Gasteiger partial charge in [0.1, 0.15) is 5.75 Å². The second kappa shape index (κ2) is 7.79. The van der Waals surface area contributed by atoms with Crippen molar-refractivity contribution in [2.45, 2.75) is 33.3 Å². The van der Waals surface area contributed by atoms with Crippen LogP contribution in [0, 0.1) is 0 Å². The number of amides is 1. The number of hydrogen-bond donors (Lipinski definition) is 1. The number of aliphatic hydroxyl groups is 1. The second-order valence-electron chi connectivity index (χ2n) is 4.35. The molecule has 0 aliphatic carbocycles. The third-order valence-electron chi connectivity index (χ3n) is 3.13. The number of benzene rings is 1. The average Bonchev–Trinajstić information content (AvgIpc) is 2.46. The van der Waals surface area contributed by atoms with Gasteiger partial charge in [0.25, 0.3) is 5.91 Å². The van der Waals surface area contributed by atoms with Crippen LogP contribution in [-0.4, -0.2) is 35.6 Å². The predicted octanol–water partition coefficient (Wildman–Crippen LogP) is 2.38. The summed E-state index contributed by atoms with van der Waals surface area (Å²) >= 11 is 0. The maximum Gasteiger partial charge on any atom is 0.260 e. The van der Waals surface area contributed by atoms with Crippen LogP contribution in [0.4, 0.5) is 0 Å². The summed E-state index contributed by atoms with van der Waals surface area (Å²) in [5.41, 5.74) is 0.866. The Kier molecular flexibility index (Phi) is 6.36. The topological polar surface area (TPSA) is 49.8 Å². The fraction of sp³-hybridized carbons (Fsp3) is 0.533. The number of rotatable bonds is 7. The van der Waals surface area contributed by atoms with E-state index in [0.29, 0.717) is 25.3 Å². The van der Waals surface area contributed by atoms with E-state index in [9.17, 15) is 9.90 Å². The lowest BCUT2D eigenvalue weighted by atomic mass is 10.1. The van der Waals surface area contributed by atoms with Gasteiger partial charge in [-0.25, -0.2) is 0 Å². The van der Waals surface area contributed by atoms with Crippen molar-refractivity contribution in [3.8, 4) is 5.75 Å². The largest absolute Gasteiger partial charge is 0.484 e. The molecule has 0 aliphatic heterocycles. The van der Waals surface area contributed by atoms with Crippen LogP contribution in [0.25, 0.3) is 0 Å². The summed E-state index contributed by atoms with van der Waals surface area (Å²) in [7, 11) is 0. The monoisotopic (exact) mass is 265 g/mol. The van der Waals surface area contributed by atoms with Crippen molar-refractivity contribution in [3.63, 3.8) is 0 Å². The Morgan fingerprint density at radius 3 is 2.26 bits per heavy atom. The number of carbonyl (C=O) groups is 1. The molecule has 0 saturated carbocycles. The Hall–Kier alpha value is -1.55. The molecule has 1 aromatic rings. The maximum atomic E-state index is 11.8. The number of ether oxygens (including phenoxy) is 1. The van der Waals surface area contributed by atoms with Gasteiger partial charge in [0.05, 0.1) is 6.10 Å². The van der Waals surface area contributed by atoms with Crippen molar-refractivity contribution >= 4 is 5.91 Å². The highest BCUT2D eigenvalue weighted by Crippen LogP contribution is 2.19. The van der Waals surface area contributed by atoms with E-state index in [1.165, 1.54) is 0 Å². The lowest BCUT2D eigenvalue weighted by molar-refractivity contribution is -0.132. The average molecular weight is 265 g/mol. The van der Waals surface area contributed by atoms with Gasteiger partial charge in [-0.2, -0.15) is 0 Å². The summed E-state index contributed by atoms with van der Waals surface area (Å²) in [5, 5.41) is 9.67. The number of hydrogen-bond acceptors (Lipinski definition) is 3. The molecule has 1 aromatic carbocycles. The molecule has 0 unspecified atom stereocenters. The first-order chi connectivity index (χ1) is 9.12. The second-order valence-corrected chi connectivity index (χ2v) is 4.35. The van der Waals surface area contributed by atoms with Crippen molar-refractivity contribution in [2.75, 3.05) is 19.7 Å². The van der Waals surface area contributed by atoms with Crippen molar-refractivity contribution in [3.05, 3.63) is 29.8 Å². The number of likely N-dealkylation sites (N-methyl/N-ethyl adjacent to an activating group) is 1. The minimum Gasteiger partial charge on any atom is -0.484 e. The van der Waals surface area contributed by atoms with Crippen molar-refractivity contribution < 1.29 is 14.6 Å². The van der Waals surface area contributed by atoms with Crippen LogP contribution in [0.3, 0.4) is 0 Å². The van der Waals surface area contributed by atoms with E-state index in [1.54, 1.807) is 17.0 Å². The van der Waals surface area contributed by atoms with Crippen LogP contribution in [0.15, 0.2) is 24.3 Å². The fourth-order valence-corrected chi connectivity index (χ4v) is 1.83. The first-order valence-electron chi connectivity index (χ1n) is 6.80. The summed E-state index contributed by atoms with van der Waals surface area (Å²) in [6, 6.07) is 7.21. The van der Waals surface area contributed by atoms with Crippen LogP contribution in [0.2, 0.25) is 0 Å². The summed E-state index contributed by atoms with van der Waals surface area (Å²) in [4.78, 5) is 13.5. The first-order valence-corrected chi connectivity index (χ1v) is 6.80. The molecular formula is C15H23NO3. The highest BCUT2D eigenvalue weighted by molar-refractivity contribution is 5.77. The Morgan fingerprint density at radius 2 is 1.79 bits per heavy atom. The zero-order chi connectivity index (χ0) is 14.3. The van der Waals surface area contributed by atoms with Crippen LogP contribution in [-0.2, 0) is 4.79 Å². The Labute approximate surface area is 115 Å². The molecule has 0 bridgehead atoms. The SMILES string of the molecule is CC[C@@H](O)c1ccc(OCC(=O)N(CC)CC)cc1. The molecule has 19 heavy (non-hydrogen) atoms. The van der Waals surface area contributed by atoms with Gasteiger partial charge < -0.3 is 14.7 Å². The van der Waals surface area contributed by atoms with Crippen molar-refractivity contribution in [2.24, 2.45) is 0 Å². The van der Waals surface area contributed by atoms with Gasteiger partial charge in [0, 0.05) is 13.1 Å². The normalized spacial score (nSPS) is 12.0. The number of nitrogens with zero attached hydrogens (tertiary/aromatic N) is 1. The first kappa shape index (κ1) is 15.5. The van der Waals surface area contributed by atoms with Crippen molar-refractivity contribution in [1.29, 1.82) is 0 Å². The van der Waals surface area contributed by atoms with E-state index < -0.39 is 6.10 Å². The zero-order valence-corrected chi connectivity index (χ0v) is 11.9. The molecule has 106 valence electrons. The molecule has 0 heterocycles. The molecule has 0 aliphatic rings. The van der Waals surface area contributed by atoms with Crippen molar-refractivity contribution in [1.82, 2.24) is 4.90 Å². The molecule has 1 rings (SSSR count). The standard InChI is InChI=1S/C15H23NO3/c1-4-14(17)12-7-9-13(10-8-12)19-11-15(18)16(5-2)6-3/h7-10,14,17H,4-6,11H2,1-3H3/t14-/m1/s1. The van der Waals surface area contributed by atoms with Gasteiger partial charge in [-0.3, -0.25) is 4.79 Å². The molecule has 0 saturated heterocycles. The third kappa shape index (κ3) is 4.56. The van der Waals surface area contributed by atoms with Gasteiger partial charge in [0.2, 0.25) is 0 Å². The van der Waals surface area contributed by atoms with Gasteiger partial charge in [0.15, 0.2) is 6.61 Å². The predicted molar refractivity (Wildman–Crippen MR) is 75.1 cm³/mol. The van der Waals surface area contributed by atoms with Gasteiger partial charge in [-0.15, -0.1) is 0 Å². The van der Waals surface area contributed by atoms with Gasteiger partial charge >= 0.3 is 0 Å². The molecule has 1 amide bonds. The molecule has 0 fully saturated rings. The minimum atomic E-state index is -0.439. The summed E-state index contributed by atoms with van der Waals surface area (Å²) in [6.07, 6.45) is 0.243. The summed E-state index contributed by atoms with van der Waals surface area (Å²) in [5.74, 6) is 0.634. The summed E-state index contributed by atoms with van der Waals surface area (Å²) in [6.45, 7) is 7.26. The number of carbonyl (C=O) groups excluding carboxylic acids is 1. The zero-order valence-electron chi connectivity index (χ0n) is 11.9. The maximum absolute atomic E-state index is 11.8. The molecule has 1 N–H and O–H groups in total. The highest BCUT2D eigenvalue weighted by atomic mass is 16.5. The van der Waals surface area contributed by atoms with E-state index in [1.807, 2.05) is 32.9 Å². The van der Waals surface area contributed by atoms with Crippen LogP contribution < -0.4 is 4.74 Å². The fourth-order valence-electron chi connectivity index (χ4n) is 1.83. The summed E-state index contributed by atoms with van der Waals surface area (Å²) < 4.78 is 5.45. The van der Waals surface area contributed by atoms with Crippen LogP contribution >= 0.6 is 0 Å². The van der Waals surface area contributed by atoms with Crippen LogP contribution in [0.5, 0.6) is 5.75 Å². The minimum absolute atomic E-state index is 0.0114. The van der Waals surface area contributed by atoms with E-state index in [0.717, 1.165) is 5.56 Å².